The molecule has 0 aromatic heterocycles. The molecule has 5 aliphatic rings. The molecule has 4 saturated carbocycles. The maximum Gasteiger partial charge on any atom is 0.303 e. The van der Waals surface area contributed by atoms with Gasteiger partial charge >= 0.3 is 5.97 Å². The zero-order valence-corrected chi connectivity index (χ0v) is 15.9. The standard InChI is InChI=1S/C21H33NO3/c1-19-8-16-9-20(2,12-19)14-21(10-16,13-19)18(25)22-7-3-4-15(11-22)5-6-17(23)24/h15-16H,3-14H2,1-2H3,(H,23,24). The van der Waals surface area contributed by atoms with Crippen LogP contribution in [-0.4, -0.2) is 35.0 Å². The van der Waals surface area contributed by atoms with Gasteiger partial charge in [-0.3, -0.25) is 9.59 Å². The van der Waals surface area contributed by atoms with Crippen LogP contribution in [0.3, 0.4) is 0 Å². The van der Waals surface area contributed by atoms with Crippen LogP contribution in [0.4, 0.5) is 0 Å². The van der Waals surface area contributed by atoms with Gasteiger partial charge in [-0.05, 0) is 80.5 Å². The summed E-state index contributed by atoms with van der Waals surface area (Å²) < 4.78 is 0. The lowest BCUT2D eigenvalue weighted by Gasteiger charge is -2.65. The monoisotopic (exact) mass is 347 g/mol. The Labute approximate surface area is 151 Å². The molecule has 3 unspecified atom stereocenters. The van der Waals surface area contributed by atoms with Crippen LogP contribution in [0.5, 0.6) is 0 Å². The Balaban J connectivity index is 1.49. The van der Waals surface area contributed by atoms with Crippen LogP contribution in [0.15, 0.2) is 0 Å². The molecule has 1 amide bonds. The molecule has 5 rings (SSSR count). The van der Waals surface area contributed by atoms with Crippen LogP contribution < -0.4 is 0 Å². The van der Waals surface area contributed by atoms with E-state index in [0.717, 1.165) is 51.1 Å². The number of carbonyl (C=O) groups excluding carboxylic acids is 1. The van der Waals surface area contributed by atoms with Crippen molar-refractivity contribution in [1.29, 1.82) is 0 Å². The molecule has 4 nitrogen and oxygen atoms in total. The summed E-state index contributed by atoms with van der Waals surface area (Å²) >= 11 is 0. The third-order valence-corrected chi connectivity index (χ3v) is 7.65. The summed E-state index contributed by atoms with van der Waals surface area (Å²) in [7, 11) is 0. The van der Waals surface area contributed by atoms with Gasteiger partial charge in [0.1, 0.15) is 0 Å². The summed E-state index contributed by atoms with van der Waals surface area (Å²) in [4.78, 5) is 26.6. The van der Waals surface area contributed by atoms with E-state index in [2.05, 4.69) is 18.7 Å². The summed E-state index contributed by atoms with van der Waals surface area (Å²) in [6.45, 7) is 6.50. The summed E-state index contributed by atoms with van der Waals surface area (Å²) in [5.74, 6) is 0.802. The van der Waals surface area contributed by atoms with Crippen molar-refractivity contribution >= 4 is 11.9 Å². The van der Waals surface area contributed by atoms with E-state index in [9.17, 15) is 9.59 Å². The van der Waals surface area contributed by atoms with Crippen molar-refractivity contribution in [2.24, 2.45) is 28.1 Å². The number of hydrogen-bond donors (Lipinski definition) is 1. The second-order valence-electron chi connectivity index (χ2n) is 10.6. The Hall–Kier alpha value is -1.06. The van der Waals surface area contributed by atoms with E-state index < -0.39 is 5.97 Å². The van der Waals surface area contributed by atoms with Crippen molar-refractivity contribution in [2.75, 3.05) is 13.1 Å². The Morgan fingerprint density at radius 1 is 1.08 bits per heavy atom. The number of nitrogens with zero attached hydrogens (tertiary/aromatic N) is 1. The number of carboxylic acids is 1. The van der Waals surface area contributed by atoms with E-state index in [4.69, 9.17) is 5.11 Å². The Bertz CT molecular complexity index is 568. The largest absolute Gasteiger partial charge is 0.481 e. The van der Waals surface area contributed by atoms with Crippen LogP contribution >= 0.6 is 0 Å². The van der Waals surface area contributed by atoms with E-state index >= 15 is 0 Å². The van der Waals surface area contributed by atoms with Crippen molar-refractivity contribution in [2.45, 2.75) is 78.1 Å². The maximum atomic E-state index is 13.6. The summed E-state index contributed by atoms with van der Waals surface area (Å²) in [5.41, 5.74) is 0.613. The molecule has 4 aliphatic carbocycles. The summed E-state index contributed by atoms with van der Waals surface area (Å²) in [6, 6.07) is 0. The number of amides is 1. The molecule has 3 atom stereocenters. The number of likely N-dealkylation sites (tertiary alicyclic amines) is 1. The Morgan fingerprint density at radius 2 is 1.76 bits per heavy atom. The number of aliphatic carboxylic acids is 1. The molecule has 1 saturated heterocycles. The lowest BCUT2D eigenvalue weighted by Crippen LogP contribution is -2.61. The quantitative estimate of drug-likeness (QED) is 0.833. The third-order valence-electron chi connectivity index (χ3n) is 7.65. The van der Waals surface area contributed by atoms with Gasteiger partial charge in [0.15, 0.2) is 0 Å². The zero-order chi connectivity index (χ0) is 17.9. The number of rotatable bonds is 4. The lowest BCUT2D eigenvalue weighted by atomic mass is 9.40. The van der Waals surface area contributed by atoms with E-state index in [1.807, 2.05) is 0 Å². The van der Waals surface area contributed by atoms with Gasteiger partial charge in [0, 0.05) is 19.5 Å². The van der Waals surface area contributed by atoms with Gasteiger partial charge in [0.05, 0.1) is 5.41 Å². The first-order chi connectivity index (χ1) is 11.7. The van der Waals surface area contributed by atoms with Crippen LogP contribution in [0, 0.1) is 28.1 Å². The number of carboxylic acid groups (broad SMARTS) is 1. The molecule has 4 heteroatoms. The van der Waals surface area contributed by atoms with E-state index in [0.29, 0.717) is 29.1 Å². The van der Waals surface area contributed by atoms with Crippen molar-refractivity contribution < 1.29 is 14.7 Å². The minimum atomic E-state index is -0.717. The predicted octanol–water partition coefficient (Wildman–Crippen LogP) is 4.09. The highest BCUT2D eigenvalue weighted by atomic mass is 16.4. The Kier molecular flexibility index (Phi) is 3.97. The normalized spacial score (nSPS) is 45.6. The molecule has 1 aliphatic heterocycles. The van der Waals surface area contributed by atoms with Crippen LogP contribution in [-0.2, 0) is 9.59 Å². The first-order valence-corrected chi connectivity index (χ1v) is 10.2. The molecule has 1 heterocycles. The van der Waals surface area contributed by atoms with Gasteiger partial charge in [-0.15, -0.1) is 0 Å². The van der Waals surface area contributed by atoms with Gasteiger partial charge in [-0.25, -0.2) is 0 Å². The molecule has 0 radical (unpaired) electrons. The van der Waals surface area contributed by atoms with Gasteiger partial charge < -0.3 is 10.0 Å². The van der Waals surface area contributed by atoms with Crippen molar-refractivity contribution in [3.63, 3.8) is 0 Å². The molecule has 25 heavy (non-hydrogen) atoms. The van der Waals surface area contributed by atoms with Gasteiger partial charge in [0.25, 0.3) is 0 Å². The fraction of sp³-hybridized carbons (Fsp3) is 0.905. The van der Waals surface area contributed by atoms with Crippen molar-refractivity contribution in [3.8, 4) is 0 Å². The van der Waals surface area contributed by atoms with E-state index in [1.165, 1.54) is 19.3 Å². The first-order valence-electron chi connectivity index (χ1n) is 10.2. The molecule has 5 fully saturated rings. The molecule has 4 bridgehead atoms. The molecule has 0 aromatic carbocycles. The second kappa shape index (κ2) is 5.72. The van der Waals surface area contributed by atoms with E-state index in [1.54, 1.807) is 0 Å². The fourth-order valence-electron chi connectivity index (χ4n) is 7.83. The Morgan fingerprint density at radius 3 is 2.36 bits per heavy atom. The van der Waals surface area contributed by atoms with Crippen LogP contribution in [0.1, 0.15) is 78.1 Å². The number of carbonyl (C=O) groups is 2. The number of hydrogen-bond acceptors (Lipinski definition) is 2. The minimum Gasteiger partial charge on any atom is -0.481 e. The average molecular weight is 347 g/mol. The maximum absolute atomic E-state index is 13.6. The molecule has 0 spiro atoms. The topological polar surface area (TPSA) is 57.6 Å². The molecule has 1 N–H and O–H groups in total. The SMILES string of the molecule is CC12CC3CC(C)(C1)CC(C(=O)N1CCCC(CCC(=O)O)C1)(C3)C2. The fourth-order valence-corrected chi connectivity index (χ4v) is 7.83. The minimum absolute atomic E-state index is 0.113. The first kappa shape index (κ1) is 17.4. The summed E-state index contributed by atoms with van der Waals surface area (Å²) in [5, 5.41) is 8.95. The van der Waals surface area contributed by atoms with Crippen molar-refractivity contribution in [3.05, 3.63) is 0 Å². The summed E-state index contributed by atoms with van der Waals surface area (Å²) in [6.07, 6.45) is 10.3. The molecular weight excluding hydrogens is 314 g/mol. The van der Waals surface area contributed by atoms with Crippen LogP contribution in [0.25, 0.3) is 0 Å². The molecule has 0 aromatic rings. The highest BCUT2D eigenvalue weighted by molar-refractivity contribution is 5.83. The van der Waals surface area contributed by atoms with Gasteiger partial charge in [-0.2, -0.15) is 0 Å². The van der Waals surface area contributed by atoms with Crippen molar-refractivity contribution in [1.82, 2.24) is 4.90 Å². The zero-order valence-electron chi connectivity index (χ0n) is 15.9. The highest BCUT2D eigenvalue weighted by Crippen LogP contribution is 2.69. The molecular formula is C21H33NO3. The van der Waals surface area contributed by atoms with Gasteiger partial charge in [0.2, 0.25) is 5.91 Å². The van der Waals surface area contributed by atoms with Crippen LogP contribution in [0.2, 0.25) is 0 Å². The van der Waals surface area contributed by atoms with E-state index in [-0.39, 0.29) is 11.8 Å². The smallest absolute Gasteiger partial charge is 0.303 e. The lowest BCUT2D eigenvalue weighted by molar-refractivity contribution is -0.181. The average Bonchev–Trinajstić information content (AvgIpc) is 2.49. The number of piperidine rings is 1. The highest BCUT2D eigenvalue weighted by Gasteiger charge is 2.63. The second-order valence-corrected chi connectivity index (χ2v) is 10.6. The molecule has 140 valence electrons. The predicted molar refractivity (Wildman–Crippen MR) is 96.0 cm³/mol. The third kappa shape index (κ3) is 3.10. The van der Waals surface area contributed by atoms with Gasteiger partial charge in [-0.1, -0.05) is 13.8 Å².